The molecule has 0 aliphatic rings. The van der Waals surface area contributed by atoms with E-state index in [1.165, 1.54) is 116 Å². The Morgan fingerprint density at radius 3 is 0.714 bits per heavy atom. The zero-order chi connectivity index (χ0) is 26.5. The van der Waals surface area contributed by atoms with Crippen molar-refractivity contribution in [1.82, 2.24) is 0 Å². The van der Waals surface area contributed by atoms with E-state index in [2.05, 4.69) is 105 Å². The van der Waals surface area contributed by atoms with Gasteiger partial charge in [-0.15, -0.1) is 0 Å². The van der Waals surface area contributed by atoms with Crippen molar-refractivity contribution >= 4 is 0 Å². The second kappa shape index (κ2) is 21.5. The van der Waals surface area contributed by atoms with E-state index in [1.54, 1.807) is 0 Å². The van der Waals surface area contributed by atoms with Gasteiger partial charge in [0.1, 0.15) is 0 Å². The summed E-state index contributed by atoms with van der Waals surface area (Å²) in [6, 6.07) is 0. The predicted octanol–water partition coefficient (Wildman–Crippen LogP) is 12.3. The number of hydrogen-bond acceptors (Lipinski definition) is 0. The van der Waals surface area contributed by atoms with Crippen LogP contribution in [0.1, 0.15) is 139 Å². The molecule has 0 radical (unpaired) electrons. The molecule has 0 amide bonds. The summed E-state index contributed by atoms with van der Waals surface area (Å²) in [5.74, 6) is 0. The van der Waals surface area contributed by atoms with Crippen LogP contribution in [0.15, 0.2) is 81.5 Å². The summed E-state index contributed by atoms with van der Waals surface area (Å²) in [4.78, 5) is 0. The van der Waals surface area contributed by atoms with Gasteiger partial charge in [0.25, 0.3) is 0 Å². The van der Waals surface area contributed by atoms with Gasteiger partial charge in [-0.2, -0.15) is 0 Å². The molecule has 0 unspecified atom stereocenters. The Morgan fingerprint density at radius 2 is 0.486 bits per heavy atom. The first-order valence-corrected chi connectivity index (χ1v) is 14.1. The normalized spacial score (nSPS) is 13.8. The van der Waals surface area contributed by atoms with Crippen LogP contribution in [0.5, 0.6) is 0 Å². The lowest BCUT2D eigenvalue weighted by Gasteiger charge is -2.03. The maximum absolute atomic E-state index is 2.45. The van der Waals surface area contributed by atoms with E-state index in [9.17, 15) is 0 Å². The molecule has 0 heterocycles. The van der Waals surface area contributed by atoms with Gasteiger partial charge in [0.2, 0.25) is 0 Å². The van der Waals surface area contributed by atoms with Gasteiger partial charge >= 0.3 is 0 Å². The molecule has 0 saturated heterocycles. The fraction of sp³-hybridized carbons (Fsp3) is 0.600. The van der Waals surface area contributed by atoms with Crippen LogP contribution in [-0.2, 0) is 0 Å². The Balaban J connectivity index is 4.11. The van der Waals surface area contributed by atoms with Crippen molar-refractivity contribution in [2.45, 2.75) is 139 Å². The lowest BCUT2D eigenvalue weighted by atomic mass is 10.0. The van der Waals surface area contributed by atoms with E-state index in [4.69, 9.17) is 0 Å². The average Bonchev–Trinajstić information content (AvgIpc) is 2.76. The fourth-order valence-corrected chi connectivity index (χ4v) is 3.99. The molecular formula is C35H58. The molecule has 0 aromatic carbocycles. The average molecular weight is 479 g/mol. The molecule has 0 nitrogen and oxygen atoms in total. The van der Waals surface area contributed by atoms with E-state index in [0.717, 1.165) is 0 Å². The van der Waals surface area contributed by atoms with Crippen molar-refractivity contribution in [3.05, 3.63) is 81.5 Å². The number of rotatable bonds is 18. The topological polar surface area (TPSA) is 0 Å². The van der Waals surface area contributed by atoms with Crippen LogP contribution < -0.4 is 0 Å². The molecule has 0 heteroatoms. The van der Waals surface area contributed by atoms with Crippen molar-refractivity contribution < 1.29 is 0 Å². The van der Waals surface area contributed by atoms with Crippen molar-refractivity contribution in [2.24, 2.45) is 0 Å². The molecule has 0 aromatic rings. The third-order valence-electron chi connectivity index (χ3n) is 6.43. The Kier molecular flexibility index (Phi) is 20.3. The summed E-state index contributed by atoms with van der Waals surface area (Å²) in [6.07, 6.45) is 31.0. The molecule has 0 rings (SSSR count). The molecule has 0 bridgehead atoms. The van der Waals surface area contributed by atoms with Gasteiger partial charge in [-0.05, 0) is 139 Å². The standard InChI is InChI=1S/C35H58/c1-29(2)17-12-21-33(7)25-14-23-31(5)19-10-11-20-32(6)24-15-27-35(9)28-16-26-34(8)22-13-18-30(3)4/h17-20,25-27H,10-16,21-24,28H2,1-9H3/b31-19+,32-20?,33-25?,34-26?,35-27+. The molecule has 0 aliphatic carbocycles. The van der Waals surface area contributed by atoms with Crippen LogP contribution in [0.4, 0.5) is 0 Å². The first-order chi connectivity index (χ1) is 16.6. The van der Waals surface area contributed by atoms with Crippen molar-refractivity contribution in [1.29, 1.82) is 0 Å². The van der Waals surface area contributed by atoms with Crippen LogP contribution in [0, 0.1) is 0 Å². The Hall–Kier alpha value is -1.82. The van der Waals surface area contributed by atoms with Crippen molar-refractivity contribution in [3.63, 3.8) is 0 Å². The highest BCUT2D eigenvalue weighted by molar-refractivity contribution is 5.08. The molecule has 0 atom stereocenters. The summed E-state index contributed by atoms with van der Waals surface area (Å²) >= 11 is 0. The molecule has 0 fully saturated rings. The summed E-state index contributed by atoms with van der Waals surface area (Å²) in [7, 11) is 0. The molecular weight excluding hydrogens is 420 g/mol. The van der Waals surface area contributed by atoms with Crippen LogP contribution in [0.2, 0.25) is 0 Å². The summed E-state index contributed by atoms with van der Waals surface area (Å²) in [5, 5.41) is 0. The van der Waals surface area contributed by atoms with E-state index in [1.807, 2.05) is 0 Å². The minimum absolute atomic E-state index is 1.17. The van der Waals surface area contributed by atoms with Gasteiger partial charge in [-0.1, -0.05) is 81.5 Å². The highest BCUT2D eigenvalue weighted by Crippen LogP contribution is 2.15. The van der Waals surface area contributed by atoms with Crippen molar-refractivity contribution in [3.8, 4) is 0 Å². The van der Waals surface area contributed by atoms with Crippen molar-refractivity contribution in [2.75, 3.05) is 0 Å². The summed E-state index contributed by atoms with van der Waals surface area (Å²) in [5.41, 5.74) is 10.5. The van der Waals surface area contributed by atoms with E-state index in [0.29, 0.717) is 0 Å². The molecule has 0 N–H and O–H groups in total. The largest absolute Gasteiger partial charge is 0.0856 e. The Morgan fingerprint density at radius 1 is 0.286 bits per heavy atom. The first-order valence-electron chi connectivity index (χ1n) is 14.1. The Bertz CT molecular complexity index is 778. The Labute approximate surface area is 220 Å². The second-order valence-electron chi connectivity index (χ2n) is 11.1. The first kappa shape index (κ1) is 33.2. The van der Waals surface area contributed by atoms with Gasteiger partial charge < -0.3 is 0 Å². The maximum atomic E-state index is 2.45. The predicted molar refractivity (Wildman–Crippen MR) is 163 cm³/mol. The molecule has 198 valence electrons. The van der Waals surface area contributed by atoms with Gasteiger partial charge in [0, 0.05) is 0 Å². The number of unbranched alkanes of at least 4 members (excludes halogenated alkanes) is 1. The third kappa shape index (κ3) is 23.7. The molecule has 35 heavy (non-hydrogen) atoms. The highest BCUT2D eigenvalue weighted by Gasteiger charge is 1.95. The zero-order valence-electron chi connectivity index (χ0n) is 25.0. The molecule has 0 spiro atoms. The fourth-order valence-electron chi connectivity index (χ4n) is 3.99. The molecule has 0 aliphatic heterocycles. The summed E-state index contributed by atoms with van der Waals surface area (Å²) in [6.45, 7) is 20.1. The van der Waals surface area contributed by atoms with E-state index in [-0.39, 0.29) is 0 Å². The smallest absolute Gasteiger partial charge is 0.0288 e. The highest BCUT2D eigenvalue weighted by atomic mass is 14.0. The van der Waals surface area contributed by atoms with Crippen LogP contribution in [-0.4, -0.2) is 0 Å². The molecule has 0 saturated carbocycles. The van der Waals surface area contributed by atoms with Crippen LogP contribution in [0.3, 0.4) is 0 Å². The SMILES string of the molecule is CC(C)=CCCC(C)=CCC/C(C)=C/CCC=C(C)CC/C=C(\C)CCC=C(C)CCC=C(C)C. The molecule has 0 aromatic heterocycles. The number of hydrogen-bond donors (Lipinski definition) is 0. The second-order valence-corrected chi connectivity index (χ2v) is 11.1. The minimum atomic E-state index is 1.17. The minimum Gasteiger partial charge on any atom is -0.0856 e. The maximum Gasteiger partial charge on any atom is -0.0288 e. The van der Waals surface area contributed by atoms with Crippen LogP contribution >= 0.6 is 0 Å². The third-order valence-corrected chi connectivity index (χ3v) is 6.43. The van der Waals surface area contributed by atoms with Gasteiger partial charge in [-0.3, -0.25) is 0 Å². The lowest BCUT2D eigenvalue weighted by molar-refractivity contribution is 0.890. The van der Waals surface area contributed by atoms with Gasteiger partial charge in [0.05, 0.1) is 0 Å². The van der Waals surface area contributed by atoms with E-state index < -0.39 is 0 Å². The summed E-state index contributed by atoms with van der Waals surface area (Å²) < 4.78 is 0. The monoisotopic (exact) mass is 478 g/mol. The van der Waals surface area contributed by atoms with E-state index >= 15 is 0 Å². The number of allylic oxidation sites excluding steroid dienone is 14. The zero-order valence-corrected chi connectivity index (χ0v) is 25.0. The van der Waals surface area contributed by atoms with Gasteiger partial charge in [-0.25, -0.2) is 0 Å². The van der Waals surface area contributed by atoms with Crippen LogP contribution in [0.25, 0.3) is 0 Å². The lowest BCUT2D eigenvalue weighted by Crippen LogP contribution is -1.83. The van der Waals surface area contributed by atoms with Gasteiger partial charge in [0.15, 0.2) is 0 Å². The quantitative estimate of drug-likeness (QED) is 0.136.